The van der Waals surface area contributed by atoms with Crippen molar-refractivity contribution >= 4 is 39.9 Å². The average molecular weight is 507 g/mol. The number of carbonyl (C=O) groups is 2. The molecule has 36 heavy (non-hydrogen) atoms. The highest BCUT2D eigenvalue weighted by atomic mass is 35.5. The third kappa shape index (κ3) is 5.04. The molecule has 0 aliphatic carbocycles. The fraction of sp³-hybridized carbons (Fsp3) is 0.148. The molecule has 1 N–H and O–H groups in total. The second-order valence-electron chi connectivity index (χ2n) is 7.84. The summed E-state index contributed by atoms with van der Waals surface area (Å²) in [5.74, 6) is 0.447. The van der Waals surface area contributed by atoms with Gasteiger partial charge >= 0.3 is 0 Å². The summed E-state index contributed by atoms with van der Waals surface area (Å²) in [6, 6.07) is 16.2. The van der Waals surface area contributed by atoms with Crippen LogP contribution in [0.1, 0.15) is 15.9 Å². The first kappa shape index (κ1) is 24.8. The van der Waals surface area contributed by atoms with E-state index in [4.69, 9.17) is 25.8 Å². The Kier molecular flexibility index (Phi) is 7.26. The van der Waals surface area contributed by atoms with Crippen LogP contribution in [0.15, 0.2) is 71.7 Å². The lowest BCUT2D eigenvalue weighted by molar-refractivity contribution is -0.116. The molecule has 184 valence electrons. The first-order valence-corrected chi connectivity index (χ1v) is 11.3. The summed E-state index contributed by atoms with van der Waals surface area (Å²) in [6.45, 7) is -0.169. The largest absolute Gasteiger partial charge is 0.497 e. The number of nitrogens with one attached hydrogen (secondary N) is 1. The van der Waals surface area contributed by atoms with E-state index >= 15 is 0 Å². The molecule has 4 aromatic rings. The molecule has 4 rings (SSSR count). The van der Waals surface area contributed by atoms with Crippen LogP contribution in [0.25, 0.3) is 10.9 Å². The van der Waals surface area contributed by atoms with Gasteiger partial charge in [-0.2, -0.15) is 0 Å². The number of nitrogens with zero attached hydrogens (tertiary/aromatic N) is 1. The quantitative estimate of drug-likeness (QED) is 0.352. The Hall–Kier alpha value is -4.30. The van der Waals surface area contributed by atoms with Crippen LogP contribution in [-0.2, 0) is 11.3 Å². The number of anilines is 1. The number of fused-ring (bicyclic) bond motifs is 1. The summed E-state index contributed by atoms with van der Waals surface area (Å²) >= 11 is 5.92. The van der Waals surface area contributed by atoms with Crippen molar-refractivity contribution in [2.75, 3.05) is 26.6 Å². The van der Waals surface area contributed by atoms with E-state index in [-0.39, 0.29) is 23.4 Å². The number of rotatable bonds is 8. The van der Waals surface area contributed by atoms with Gasteiger partial charge in [-0.15, -0.1) is 0 Å². The third-order valence-corrected chi connectivity index (χ3v) is 5.88. The number of aromatic nitrogens is 1. The number of amides is 1. The zero-order valence-corrected chi connectivity index (χ0v) is 20.6. The van der Waals surface area contributed by atoms with Crippen molar-refractivity contribution in [3.05, 3.63) is 93.2 Å². The summed E-state index contributed by atoms with van der Waals surface area (Å²) in [5.41, 5.74) is 0.712. The molecule has 9 heteroatoms. The minimum atomic E-state index is -0.485. The summed E-state index contributed by atoms with van der Waals surface area (Å²) < 4.78 is 17.4. The van der Waals surface area contributed by atoms with Crippen molar-refractivity contribution < 1.29 is 23.8 Å². The van der Waals surface area contributed by atoms with E-state index in [1.165, 1.54) is 33.6 Å². The van der Waals surface area contributed by atoms with Crippen LogP contribution < -0.4 is 25.0 Å². The molecule has 0 radical (unpaired) electrons. The normalized spacial score (nSPS) is 10.7. The standard InChI is InChI=1S/C27H23ClN2O6/c1-34-19-10-4-16(5-11-19)26(32)21-14-30(15-25(31)29-18-8-6-17(28)7-9-18)22-13-24(36-3)23(35-2)12-20(22)27(21)33/h4-14H,15H2,1-3H3,(H,29,31). The van der Waals surface area contributed by atoms with Crippen molar-refractivity contribution in [2.45, 2.75) is 6.54 Å². The molecule has 1 heterocycles. The number of pyridine rings is 1. The van der Waals surface area contributed by atoms with Gasteiger partial charge in [0.05, 0.1) is 37.8 Å². The molecule has 1 aromatic heterocycles. The summed E-state index contributed by atoms with van der Waals surface area (Å²) in [5, 5.41) is 3.55. The van der Waals surface area contributed by atoms with Crippen molar-refractivity contribution in [2.24, 2.45) is 0 Å². The maximum Gasteiger partial charge on any atom is 0.244 e. The highest BCUT2D eigenvalue weighted by Crippen LogP contribution is 2.31. The molecule has 0 unspecified atom stereocenters. The minimum Gasteiger partial charge on any atom is -0.497 e. The molecular formula is C27H23ClN2O6. The Morgan fingerprint density at radius 1 is 0.889 bits per heavy atom. The van der Waals surface area contributed by atoms with Crippen molar-refractivity contribution in [1.82, 2.24) is 4.57 Å². The molecule has 3 aromatic carbocycles. The lowest BCUT2D eigenvalue weighted by atomic mass is 10.0. The third-order valence-electron chi connectivity index (χ3n) is 5.62. The fourth-order valence-electron chi connectivity index (χ4n) is 3.80. The first-order chi connectivity index (χ1) is 17.3. The Morgan fingerprint density at radius 3 is 2.14 bits per heavy atom. The number of carbonyl (C=O) groups excluding carboxylic acids is 2. The van der Waals surface area contributed by atoms with Crippen LogP contribution in [0.2, 0.25) is 5.02 Å². The molecule has 0 aliphatic rings. The van der Waals surface area contributed by atoms with E-state index in [2.05, 4.69) is 5.32 Å². The van der Waals surface area contributed by atoms with Crippen LogP contribution in [0.3, 0.4) is 0 Å². The molecule has 0 fully saturated rings. The minimum absolute atomic E-state index is 0.0841. The summed E-state index contributed by atoms with van der Waals surface area (Å²) in [7, 11) is 4.45. The Labute approximate surface area is 212 Å². The smallest absolute Gasteiger partial charge is 0.244 e. The number of benzene rings is 3. The van der Waals surface area contributed by atoms with Crippen LogP contribution in [0.4, 0.5) is 5.69 Å². The predicted octanol–water partition coefficient (Wildman–Crippen LogP) is 4.55. The second-order valence-corrected chi connectivity index (χ2v) is 8.27. The van der Waals surface area contributed by atoms with Gasteiger partial charge in [0, 0.05) is 28.5 Å². The van der Waals surface area contributed by atoms with E-state index in [0.717, 1.165) is 0 Å². The van der Waals surface area contributed by atoms with Crippen molar-refractivity contribution in [3.8, 4) is 17.2 Å². The second kappa shape index (κ2) is 10.5. The monoisotopic (exact) mass is 506 g/mol. The highest BCUT2D eigenvalue weighted by molar-refractivity contribution is 6.30. The number of ketones is 1. The maximum absolute atomic E-state index is 13.4. The Balaban J connectivity index is 1.81. The molecule has 0 spiro atoms. The number of methoxy groups -OCH3 is 3. The predicted molar refractivity (Wildman–Crippen MR) is 138 cm³/mol. The lowest BCUT2D eigenvalue weighted by Gasteiger charge is -2.16. The highest BCUT2D eigenvalue weighted by Gasteiger charge is 2.20. The molecular weight excluding hydrogens is 484 g/mol. The first-order valence-electron chi connectivity index (χ1n) is 10.9. The molecule has 0 atom stereocenters. The van der Waals surface area contributed by atoms with Crippen LogP contribution in [0, 0.1) is 0 Å². The average Bonchev–Trinajstić information content (AvgIpc) is 2.90. The van der Waals surface area contributed by atoms with Gasteiger partial charge in [-0.25, -0.2) is 0 Å². The topological polar surface area (TPSA) is 95.9 Å². The van der Waals surface area contributed by atoms with Gasteiger partial charge in [0.15, 0.2) is 17.3 Å². The molecule has 0 saturated carbocycles. The van der Waals surface area contributed by atoms with Gasteiger partial charge in [-0.05, 0) is 54.6 Å². The molecule has 0 bridgehead atoms. The molecule has 8 nitrogen and oxygen atoms in total. The Morgan fingerprint density at radius 2 is 1.53 bits per heavy atom. The van der Waals surface area contributed by atoms with E-state index in [1.54, 1.807) is 59.2 Å². The zero-order chi connectivity index (χ0) is 25.8. The Bertz CT molecular complexity index is 1490. The van der Waals surface area contributed by atoms with Gasteiger partial charge < -0.3 is 24.1 Å². The SMILES string of the molecule is COc1ccc(C(=O)c2cn(CC(=O)Nc3ccc(Cl)cc3)c3cc(OC)c(OC)cc3c2=O)cc1. The number of ether oxygens (including phenoxy) is 3. The van der Waals surface area contributed by atoms with Crippen molar-refractivity contribution in [3.63, 3.8) is 0 Å². The molecule has 0 saturated heterocycles. The maximum atomic E-state index is 13.4. The van der Waals surface area contributed by atoms with Gasteiger partial charge in [0.25, 0.3) is 0 Å². The lowest BCUT2D eigenvalue weighted by Crippen LogP contribution is -2.24. The number of halogens is 1. The van der Waals surface area contributed by atoms with Gasteiger partial charge in [-0.1, -0.05) is 11.6 Å². The van der Waals surface area contributed by atoms with Crippen LogP contribution >= 0.6 is 11.6 Å². The van der Waals surface area contributed by atoms with E-state index in [0.29, 0.717) is 39.0 Å². The summed E-state index contributed by atoms with van der Waals surface area (Å²) in [6.07, 6.45) is 1.39. The summed E-state index contributed by atoms with van der Waals surface area (Å²) in [4.78, 5) is 39.6. The van der Waals surface area contributed by atoms with Gasteiger partial charge in [-0.3, -0.25) is 14.4 Å². The molecule has 1 amide bonds. The molecule has 0 aliphatic heterocycles. The number of hydrogen-bond acceptors (Lipinski definition) is 6. The van der Waals surface area contributed by atoms with Crippen LogP contribution in [-0.4, -0.2) is 37.6 Å². The zero-order valence-electron chi connectivity index (χ0n) is 19.8. The van der Waals surface area contributed by atoms with Crippen LogP contribution in [0.5, 0.6) is 17.2 Å². The van der Waals surface area contributed by atoms with E-state index in [1.807, 2.05) is 0 Å². The van der Waals surface area contributed by atoms with Crippen molar-refractivity contribution in [1.29, 1.82) is 0 Å². The van der Waals surface area contributed by atoms with E-state index in [9.17, 15) is 14.4 Å². The number of hydrogen-bond donors (Lipinski definition) is 1. The fourth-order valence-corrected chi connectivity index (χ4v) is 3.92. The van der Waals surface area contributed by atoms with Gasteiger partial charge in [0.1, 0.15) is 12.3 Å². The van der Waals surface area contributed by atoms with Gasteiger partial charge in [0.2, 0.25) is 11.3 Å². The van der Waals surface area contributed by atoms with E-state index < -0.39 is 11.2 Å².